The van der Waals surface area contributed by atoms with Gasteiger partial charge in [0.2, 0.25) is 12.6 Å². The summed E-state index contributed by atoms with van der Waals surface area (Å²) in [5, 5.41) is 70.1. The fourth-order valence-corrected chi connectivity index (χ4v) is 5.10. The molecule has 9 atom stereocenters. The van der Waals surface area contributed by atoms with Gasteiger partial charge in [0.1, 0.15) is 18.3 Å². The second kappa shape index (κ2) is 10.9. The zero-order valence-corrected chi connectivity index (χ0v) is 20.3. The number of aliphatic hydroxyl groups is 4. The zero-order valence-electron chi connectivity index (χ0n) is 20.3. The fourth-order valence-electron chi connectivity index (χ4n) is 5.10. The average Bonchev–Trinajstić information content (AvgIpc) is 3.19. The topological polar surface area (TPSA) is 213 Å². The molecule has 3 aliphatic rings. The van der Waals surface area contributed by atoms with E-state index in [1.807, 2.05) is 0 Å². The molecule has 1 saturated heterocycles. The first kappa shape index (κ1) is 27.8. The molecular weight excluding hydrogens is 508 g/mol. The number of ether oxygens (including phenoxy) is 4. The number of fused-ring (bicyclic) bond motifs is 1. The highest BCUT2D eigenvalue weighted by atomic mass is 16.8. The van der Waals surface area contributed by atoms with Crippen molar-refractivity contribution in [2.75, 3.05) is 6.61 Å². The summed E-state index contributed by atoms with van der Waals surface area (Å²) in [6, 6.07) is 3.83. The van der Waals surface area contributed by atoms with Crippen molar-refractivity contribution in [1.82, 2.24) is 0 Å². The van der Waals surface area contributed by atoms with E-state index in [1.165, 1.54) is 31.2 Å². The van der Waals surface area contributed by atoms with E-state index in [0.717, 1.165) is 12.3 Å². The molecule has 0 unspecified atom stereocenters. The van der Waals surface area contributed by atoms with Gasteiger partial charge in [-0.25, -0.2) is 9.59 Å². The number of hydrogen-bond acceptors (Lipinski definition) is 12. The lowest BCUT2D eigenvalue weighted by atomic mass is 9.81. The number of aliphatic hydroxyl groups excluding tert-OH is 3. The van der Waals surface area contributed by atoms with Gasteiger partial charge in [0.25, 0.3) is 0 Å². The molecule has 208 valence electrons. The van der Waals surface area contributed by atoms with E-state index in [0.29, 0.717) is 12.0 Å². The lowest BCUT2D eigenvalue weighted by Gasteiger charge is -2.44. The molecule has 1 saturated carbocycles. The van der Waals surface area contributed by atoms with Crippen molar-refractivity contribution in [2.24, 2.45) is 11.8 Å². The number of carbonyl (C=O) groups is 2. The van der Waals surface area contributed by atoms with Gasteiger partial charge in [0, 0.05) is 12.0 Å². The number of aliphatic carboxylic acids is 1. The second-order valence-electron chi connectivity index (χ2n) is 9.74. The molecule has 2 heterocycles. The number of rotatable bonds is 7. The number of phenols is 2. The maximum absolute atomic E-state index is 12.6. The number of phenolic OH excluding ortho intramolecular Hbond substituents is 2. The van der Waals surface area contributed by atoms with Crippen LogP contribution in [0.4, 0.5) is 0 Å². The third-order valence-corrected chi connectivity index (χ3v) is 7.14. The Labute approximate surface area is 216 Å². The Hall–Kier alpha value is -3.20. The molecule has 0 bridgehead atoms. The zero-order chi connectivity index (χ0) is 27.8. The minimum atomic E-state index is -1.76. The molecule has 7 N–H and O–H groups in total. The minimum Gasteiger partial charge on any atom is -0.504 e. The van der Waals surface area contributed by atoms with Gasteiger partial charge in [-0.3, -0.25) is 0 Å². The summed E-state index contributed by atoms with van der Waals surface area (Å²) in [5.41, 5.74) is -1.07. The van der Waals surface area contributed by atoms with E-state index in [-0.39, 0.29) is 17.7 Å². The molecule has 38 heavy (non-hydrogen) atoms. The number of esters is 1. The maximum atomic E-state index is 12.6. The molecule has 2 aliphatic heterocycles. The van der Waals surface area contributed by atoms with Gasteiger partial charge in [-0.1, -0.05) is 6.07 Å². The van der Waals surface area contributed by atoms with Crippen LogP contribution in [-0.4, -0.2) is 96.9 Å². The predicted molar refractivity (Wildman–Crippen MR) is 125 cm³/mol. The molecule has 0 aromatic heterocycles. The number of benzene rings is 1. The summed E-state index contributed by atoms with van der Waals surface area (Å²) in [4.78, 5) is 24.2. The van der Waals surface area contributed by atoms with Crippen LogP contribution >= 0.6 is 0 Å². The lowest BCUT2D eigenvalue weighted by Crippen LogP contribution is -2.61. The van der Waals surface area contributed by atoms with Crippen molar-refractivity contribution >= 4 is 18.0 Å². The molecule has 0 radical (unpaired) electrons. The SMILES string of the molecule is C[C@]1(O)CC[C@@H]2C(C(=O)O)=CO[C@@H](O[C@@H]3O[C@H](CO)[C@@H](O)[C@H](O)[C@H]3OC(=O)/C=C/c3ccc(O)c(O)c3)[C@@H]21. The Balaban J connectivity index is 1.55. The molecule has 4 rings (SSSR count). The molecule has 1 aromatic carbocycles. The van der Waals surface area contributed by atoms with Crippen LogP contribution < -0.4 is 0 Å². The van der Waals surface area contributed by atoms with Gasteiger partial charge in [-0.05, 0) is 43.5 Å². The van der Waals surface area contributed by atoms with E-state index in [2.05, 4.69) is 0 Å². The van der Waals surface area contributed by atoms with Gasteiger partial charge >= 0.3 is 11.9 Å². The fraction of sp³-hybridized carbons (Fsp3) is 0.520. The summed E-state index contributed by atoms with van der Waals surface area (Å²) in [7, 11) is 0. The van der Waals surface area contributed by atoms with Crippen molar-refractivity contribution < 1.29 is 64.3 Å². The van der Waals surface area contributed by atoms with E-state index >= 15 is 0 Å². The number of carbonyl (C=O) groups excluding carboxylic acids is 1. The van der Waals surface area contributed by atoms with Gasteiger partial charge in [0.05, 0.1) is 30.0 Å². The summed E-state index contributed by atoms with van der Waals surface area (Å²) in [6.07, 6.45) is -5.32. The predicted octanol–water partition coefficient (Wildman–Crippen LogP) is -0.420. The van der Waals surface area contributed by atoms with Crippen LogP contribution in [0, 0.1) is 11.8 Å². The van der Waals surface area contributed by atoms with E-state index in [9.17, 15) is 45.3 Å². The molecule has 1 aromatic rings. The standard InChI is InChI=1S/C25H30O13/c1-25(34)7-6-12-13(22(32)33)10-35-23(18(12)25)38-24-21(20(31)19(30)16(9-26)36-24)37-17(29)5-3-11-2-4-14(27)15(28)8-11/h2-5,8,10,12,16,18-21,23-24,26-28,30-31,34H,6-7,9H2,1H3,(H,32,33)/b5-3+/t12-,16-,18-,19-,20+,21-,23+,24+,25+/m1/s1. The minimum absolute atomic E-state index is 0.0331. The first-order valence-electron chi connectivity index (χ1n) is 11.9. The highest BCUT2D eigenvalue weighted by Gasteiger charge is 2.56. The first-order valence-corrected chi connectivity index (χ1v) is 11.9. The largest absolute Gasteiger partial charge is 0.504 e. The summed E-state index contributed by atoms with van der Waals surface area (Å²) in [6.45, 7) is 0.809. The molecule has 13 heteroatoms. The summed E-state index contributed by atoms with van der Waals surface area (Å²) >= 11 is 0. The Morgan fingerprint density at radius 3 is 2.55 bits per heavy atom. The molecular formula is C25H30O13. The van der Waals surface area contributed by atoms with Gasteiger partial charge < -0.3 is 54.7 Å². The van der Waals surface area contributed by atoms with Crippen molar-refractivity contribution in [1.29, 1.82) is 0 Å². The Kier molecular flexibility index (Phi) is 7.97. The Morgan fingerprint density at radius 2 is 1.89 bits per heavy atom. The molecule has 13 nitrogen and oxygen atoms in total. The van der Waals surface area contributed by atoms with Crippen LogP contribution in [0.3, 0.4) is 0 Å². The van der Waals surface area contributed by atoms with Crippen LogP contribution in [-0.2, 0) is 28.5 Å². The smallest absolute Gasteiger partial charge is 0.334 e. The normalized spacial score (nSPS) is 36.8. The highest BCUT2D eigenvalue weighted by Crippen LogP contribution is 2.49. The first-order chi connectivity index (χ1) is 17.9. The Bertz CT molecular complexity index is 1110. The summed E-state index contributed by atoms with van der Waals surface area (Å²) in [5.74, 6) is -4.41. The van der Waals surface area contributed by atoms with E-state index in [4.69, 9.17) is 18.9 Å². The number of carboxylic acids is 1. The van der Waals surface area contributed by atoms with Crippen LogP contribution in [0.15, 0.2) is 36.1 Å². The number of hydrogen-bond donors (Lipinski definition) is 7. The average molecular weight is 539 g/mol. The van der Waals surface area contributed by atoms with Crippen LogP contribution in [0.25, 0.3) is 6.08 Å². The molecule has 2 fully saturated rings. The second-order valence-corrected chi connectivity index (χ2v) is 9.74. The van der Waals surface area contributed by atoms with Crippen molar-refractivity contribution in [3.63, 3.8) is 0 Å². The van der Waals surface area contributed by atoms with Crippen molar-refractivity contribution in [3.05, 3.63) is 41.7 Å². The quantitative estimate of drug-likeness (QED) is 0.134. The lowest BCUT2D eigenvalue weighted by molar-refractivity contribution is -0.346. The molecule has 1 aliphatic carbocycles. The maximum Gasteiger partial charge on any atom is 0.334 e. The third-order valence-electron chi connectivity index (χ3n) is 7.14. The monoisotopic (exact) mass is 538 g/mol. The molecule has 0 spiro atoms. The van der Waals surface area contributed by atoms with Gasteiger partial charge in [0.15, 0.2) is 17.6 Å². The third kappa shape index (κ3) is 5.48. The van der Waals surface area contributed by atoms with Gasteiger partial charge in [-0.2, -0.15) is 0 Å². The van der Waals surface area contributed by atoms with E-state index in [1.54, 1.807) is 0 Å². The van der Waals surface area contributed by atoms with Gasteiger partial charge in [-0.15, -0.1) is 0 Å². The Morgan fingerprint density at radius 1 is 1.16 bits per heavy atom. The van der Waals surface area contributed by atoms with Crippen molar-refractivity contribution in [2.45, 2.75) is 62.4 Å². The van der Waals surface area contributed by atoms with Crippen LogP contribution in [0.5, 0.6) is 11.5 Å². The van der Waals surface area contributed by atoms with Crippen molar-refractivity contribution in [3.8, 4) is 11.5 Å². The van der Waals surface area contributed by atoms with E-state index < -0.39 is 78.7 Å². The highest BCUT2D eigenvalue weighted by molar-refractivity contribution is 5.87. The summed E-state index contributed by atoms with van der Waals surface area (Å²) < 4.78 is 22.3. The van der Waals surface area contributed by atoms with Crippen LogP contribution in [0.1, 0.15) is 25.3 Å². The molecule has 0 amide bonds. The number of carboxylic acid groups (broad SMARTS) is 1. The number of aromatic hydroxyl groups is 2. The van der Waals surface area contributed by atoms with Crippen LogP contribution in [0.2, 0.25) is 0 Å².